The minimum Gasteiger partial charge on any atom is -0.382 e. The van der Waals surface area contributed by atoms with Crippen LogP contribution in [-0.2, 0) is 0 Å². The summed E-state index contributed by atoms with van der Waals surface area (Å²) in [6.07, 6.45) is 0. The molecule has 1 aromatic carbocycles. The van der Waals surface area contributed by atoms with E-state index in [4.69, 9.17) is 5.73 Å². The molecule has 0 bridgehead atoms. The topological polar surface area (TPSA) is 71.2 Å². The summed E-state index contributed by atoms with van der Waals surface area (Å²) < 4.78 is 0. The minimum absolute atomic E-state index is 0.210. The van der Waals surface area contributed by atoms with Crippen LogP contribution < -0.4 is 16.0 Å². The number of carbonyl (C=O) groups is 1. The molecule has 112 valence electrons. The predicted molar refractivity (Wildman–Crippen MR) is 89.3 cm³/mol. The number of hydrogen-bond donors (Lipinski definition) is 2. The van der Waals surface area contributed by atoms with Crippen molar-refractivity contribution in [3.05, 3.63) is 34.2 Å². The maximum atomic E-state index is 12.4. The van der Waals surface area contributed by atoms with Gasteiger partial charge in [0.05, 0.1) is 0 Å². The molecule has 0 fully saturated rings. The highest BCUT2D eigenvalue weighted by molar-refractivity contribution is 7.18. The van der Waals surface area contributed by atoms with E-state index in [1.165, 1.54) is 11.3 Å². The van der Waals surface area contributed by atoms with Crippen molar-refractivity contribution in [3.8, 4) is 0 Å². The molecular weight excluding hydrogens is 284 g/mol. The Kier molecular flexibility index (Phi) is 4.47. The molecule has 0 saturated carbocycles. The van der Waals surface area contributed by atoms with Gasteiger partial charge in [0.15, 0.2) is 5.13 Å². The van der Waals surface area contributed by atoms with Crippen molar-refractivity contribution in [1.82, 2.24) is 4.98 Å². The SMILES string of the molecule is CCN(C)c1nc(N)c(C(=O)Nc2c(C)cccc2C)s1. The van der Waals surface area contributed by atoms with Gasteiger partial charge in [0.25, 0.3) is 5.91 Å². The van der Waals surface area contributed by atoms with Gasteiger partial charge in [-0.3, -0.25) is 4.79 Å². The average molecular weight is 304 g/mol. The first-order valence-electron chi connectivity index (χ1n) is 6.79. The smallest absolute Gasteiger partial charge is 0.269 e. The van der Waals surface area contributed by atoms with E-state index in [-0.39, 0.29) is 11.7 Å². The van der Waals surface area contributed by atoms with E-state index >= 15 is 0 Å². The maximum absolute atomic E-state index is 12.4. The Bertz CT molecular complexity index is 645. The van der Waals surface area contributed by atoms with Crippen molar-refractivity contribution in [3.63, 3.8) is 0 Å². The highest BCUT2D eigenvalue weighted by Gasteiger charge is 2.18. The van der Waals surface area contributed by atoms with Crippen molar-refractivity contribution in [1.29, 1.82) is 0 Å². The standard InChI is InChI=1S/C15H20N4OS/c1-5-19(4)15-18-13(16)12(21-15)14(20)17-11-9(2)7-6-8-10(11)3/h6-8H,5,16H2,1-4H3,(H,17,20). The van der Waals surface area contributed by atoms with Crippen LogP contribution in [0.4, 0.5) is 16.6 Å². The summed E-state index contributed by atoms with van der Waals surface area (Å²) in [5.41, 5.74) is 8.76. The van der Waals surface area contributed by atoms with Crippen LogP contribution in [0.25, 0.3) is 0 Å². The number of hydrogen-bond acceptors (Lipinski definition) is 5. The van der Waals surface area contributed by atoms with Crippen LogP contribution in [0.1, 0.15) is 27.7 Å². The highest BCUT2D eigenvalue weighted by atomic mass is 32.1. The molecule has 6 heteroatoms. The summed E-state index contributed by atoms with van der Waals surface area (Å²) >= 11 is 1.31. The number of nitrogens with one attached hydrogen (secondary N) is 1. The van der Waals surface area contributed by atoms with Crippen molar-refractivity contribution >= 4 is 33.9 Å². The van der Waals surface area contributed by atoms with Crippen molar-refractivity contribution < 1.29 is 4.79 Å². The molecular formula is C15H20N4OS. The number of aryl methyl sites for hydroxylation is 2. The van der Waals surface area contributed by atoms with Gasteiger partial charge in [0.1, 0.15) is 10.7 Å². The Morgan fingerprint density at radius 1 is 1.38 bits per heavy atom. The highest BCUT2D eigenvalue weighted by Crippen LogP contribution is 2.29. The van der Waals surface area contributed by atoms with E-state index < -0.39 is 0 Å². The number of amides is 1. The zero-order valence-electron chi connectivity index (χ0n) is 12.7. The molecule has 0 spiro atoms. The molecule has 0 unspecified atom stereocenters. The molecule has 0 atom stereocenters. The second-order valence-electron chi connectivity index (χ2n) is 4.95. The maximum Gasteiger partial charge on any atom is 0.269 e. The second-order valence-corrected chi connectivity index (χ2v) is 5.92. The first kappa shape index (κ1) is 15.3. The summed E-state index contributed by atoms with van der Waals surface area (Å²) in [4.78, 5) is 19.1. The molecule has 0 aliphatic carbocycles. The fraction of sp³-hybridized carbons (Fsp3) is 0.333. The Balaban J connectivity index is 2.27. The van der Waals surface area contributed by atoms with Gasteiger partial charge in [-0.05, 0) is 31.9 Å². The molecule has 0 aliphatic rings. The molecule has 1 aromatic heterocycles. The number of nitrogens with two attached hydrogens (primary N) is 1. The third-order valence-electron chi connectivity index (χ3n) is 3.37. The Hall–Kier alpha value is -2.08. The van der Waals surface area contributed by atoms with Gasteiger partial charge in [-0.15, -0.1) is 0 Å². The van der Waals surface area contributed by atoms with Crippen LogP contribution in [-0.4, -0.2) is 24.5 Å². The lowest BCUT2D eigenvalue weighted by molar-refractivity contribution is 0.103. The molecule has 2 aromatic rings. The third-order valence-corrected chi connectivity index (χ3v) is 4.55. The Morgan fingerprint density at radius 3 is 2.57 bits per heavy atom. The Morgan fingerprint density at radius 2 is 2.00 bits per heavy atom. The number of anilines is 3. The van der Waals surface area contributed by atoms with Crippen molar-refractivity contribution in [2.45, 2.75) is 20.8 Å². The number of carbonyl (C=O) groups excluding carboxylic acids is 1. The number of aromatic nitrogens is 1. The normalized spacial score (nSPS) is 10.5. The zero-order valence-corrected chi connectivity index (χ0v) is 13.5. The molecule has 0 aliphatic heterocycles. The lowest BCUT2D eigenvalue weighted by Crippen LogP contribution is -2.15. The van der Waals surface area contributed by atoms with E-state index in [0.29, 0.717) is 4.88 Å². The molecule has 21 heavy (non-hydrogen) atoms. The van der Waals surface area contributed by atoms with Crippen molar-refractivity contribution in [2.75, 3.05) is 29.5 Å². The second kappa shape index (κ2) is 6.13. The number of nitrogens with zero attached hydrogens (tertiary/aromatic N) is 2. The first-order valence-corrected chi connectivity index (χ1v) is 7.60. The van der Waals surface area contributed by atoms with Crippen LogP contribution in [0.3, 0.4) is 0 Å². The summed E-state index contributed by atoms with van der Waals surface area (Å²) in [7, 11) is 1.92. The monoisotopic (exact) mass is 304 g/mol. The largest absolute Gasteiger partial charge is 0.382 e. The predicted octanol–water partition coefficient (Wildman–Crippen LogP) is 3.05. The number of para-hydroxylation sites is 1. The lowest BCUT2D eigenvalue weighted by Gasteiger charge is -2.11. The molecule has 0 saturated heterocycles. The number of rotatable bonds is 4. The van der Waals surface area contributed by atoms with Crippen molar-refractivity contribution in [2.24, 2.45) is 0 Å². The molecule has 3 N–H and O–H groups in total. The molecule has 0 radical (unpaired) electrons. The van der Waals surface area contributed by atoms with Gasteiger partial charge < -0.3 is 16.0 Å². The minimum atomic E-state index is -0.210. The number of benzene rings is 1. The van der Waals surface area contributed by atoms with Crippen LogP contribution >= 0.6 is 11.3 Å². The van der Waals surface area contributed by atoms with Gasteiger partial charge in [0.2, 0.25) is 0 Å². The summed E-state index contributed by atoms with van der Waals surface area (Å²) in [5.74, 6) is 0.0668. The molecule has 5 nitrogen and oxygen atoms in total. The lowest BCUT2D eigenvalue weighted by atomic mass is 10.1. The molecule has 1 amide bonds. The van der Waals surface area contributed by atoms with E-state index in [1.807, 2.05) is 50.9 Å². The third kappa shape index (κ3) is 3.16. The van der Waals surface area contributed by atoms with E-state index in [0.717, 1.165) is 28.5 Å². The van der Waals surface area contributed by atoms with Crippen LogP contribution in [0.2, 0.25) is 0 Å². The molecule has 2 rings (SSSR count). The summed E-state index contributed by atoms with van der Waals surface area (Å²) in [6, 6.07) is 5.90. The first-order chi connectivity index (χ1) is 9.93. The van der Waals surface area contributed by atoms with Gasteiger partial charge in [-0.2, -0.15) is 0 Å². The molecule has 1 heterocycles. The fourth-order valence-electron chi connectivity index (χ4n) is 1.96. The average Bonchev–Trinajstić information content (AvgIpc) is 2.84. The zero-order chi connectivity index (χ0) is 15.6. The van der Waals surface area contributed by atoms with E-state index in [1.54, 1.807) is 0 Å². The van der Waals surface area contributed by atoms with Crippen LogP contribution in [0, 0.1) is 13.8 Å². The summed E-state index contributed by atoms with van der Waals surface area (Å²) in [6.45, 7) is 6.77. The van der Waals surface area contributed by atoms with Gasteiger partial charge >= 0.3 is 0 Å². The number of thiazole rings is 1. The van der Waals surface area contributed by atoms with Gasteiger partial charge in [-0.25, -0.2) is 4.98 Å². The van der Waals surface area contributed by atoms with Gasteiger partial charge in [0, 0.05) is 19.3 Å². The van der Waals surface area contributed by atoms with E-state index in [2.05, 4.69) is 10.3 Å². The van der Waals surface area contributed by atoms with E-state index in [9.17, 15) is 4.79 Å². The van der Waals surface area contributed by atoms with Crippen LogP contribution in [0.5, 0.6) is 0 Å². The summed E-state index contributed by atoms with van der Waals surface area (Å²) in [5, 5.41) is 3.69. The number of nitrogen functional groups attached to an aromatic ring is 1. The van der Waals surface area contributed by atoms with Gasteiger partial charge in [-0.1, -0.05) is 29.5 Å². The quantitative estimate of drug-likeness (QED) is 0.910. The van der Waals surface area contributed by atoms with Crippen LogP contribution in [0.15, 0.2) is 18.2 Å². The Labute approximate surface area is 128 Å². The fourth-order valence-corrected chi connectivity index (χ4v) is 2.87.